The van der Waals surface area contributed by atoms with E-state index in [-0.39, 0.29) is 11.6 Å². The third kappa shape index (κ3) is 3.53. The number of rotatable bonds is 3. The summed E-state index contributed by atoms with van der Waals surface area (Å²) in [4.78, 5) is 12.0. The van der Waals surface area contributed by atoms with Crippen molar-refractivity contribution in [1.29, 1.82) is 0 Å². The van der Waals surface area contributed by atoms with Gasteiger partial charge < -0.3 is 16.4 Å². The molecule has 6 heteroatoms. The average molecular weight is 302 g/mol. The SMILES string of the molecule is NCC1(NC(=O)Nc2ccc(Cl)c(Cl)c2)CCCC1. The summed E-state index contributed by atoms with van der Waals surface area (Å²) in [5.41, 5.74) is 6.12. The van der Waals surface area contributed by atoms with E-state index in [0.717, 1.165) is 25.7 Å². The molecule has 1 aliphatic rings. The average Bonchev–Trinajstić information content (AvgIpc) is 2.83. The first-order valence-corrected chi connectivity index (χ1v) is 7.04. The Morgan fingerprint density at radius 3 is 2.53 bits per heavy atom. The van der Waals surface area contributed by atoms with Gasteiger partial charge in [0.25, 0.3) is 0 Å². The van der Waals surface area contributed by atoms with Crippen molar-refractivity contribution >= 4 is 34.9 Å². The molecule has 4 nitrogen and oxygen atoms in total. The molecule has 1 aliphatic carbocycles. The standard InChI is InChI=1S/C13H17Cl2N3O/c14-10-4-3-9(7-11(10)15)17-12(19)18-13(8-16)5-1-2-6-13/h3-4,7H,1-2,5-6,8,16H2,(H2,17,18,19). The van der Waals surface area contributed by atoms with E-state index in [1.807, 2.05) is 0 Å². The third-order valence-electron chi connectivity index (χ3n) is 3.51. The van der Waals surface area contributed by atoms with Crippen LogP contribution in [0.25, 0.3) is 0 Å². The number of hydrogen-bond donors (Lipinski definition) is 3. The van der Waals surface area contributed by atoms with Crippen LogP contribution in [0.1, 0.15) is 25.7 Å². The van der Waals surface area contributed by atoms with Crippen LogP contribution < -0.4 is 16.4 Å². The lowest BCUT2D eigenvalue weighted by Crippen LogP contribution is -2.53. The number of benzene rings is 1. The predicted octanol–water partition coefficient (Wildman–Crippen LogP) is 3.39. The van der Waals surface area contributed by atoms with Crippen molar-refractivity contribution in [3.63, 3.8) is 0 Å². The molecule has 0 unspecified atom stereocenters. The van der Waals surface area contributed by atoms with E-state index in [4.69, 9.17) is 28.9 Å². The van der Waals surface area contributed by atoms with E-state index >= 15 is 0 Å². The minimum atomic E-state index is -0.264. The van der Waals surface area contributed by atoms with Crippen LogP contribution in [-0.4, -0.2) is 18.1 Å². The van der Waals surface area contributed by atoms with Gasteiger partial charge in [-0.15, -0.1) is 0 Å². The molecule has 2 rings (SSSR count). The largest absolute Gasteiger partial charge is 0.331 e. The van der Waals surface area contributed by atoms with E-state index < -0.39 is 0 Å². The number of anilines is 1. The lowest BCUT2D eigenvalue weighted by molar-refractivity contribution is 0.237. The number of urea groups is 1. The van der Waals surface area contributed by atoms with E-state index in [9.17, 15) is 4.79 Å². The molecule has 104 valence electrons. The second kappa shape index (κ2) is 5.99. The summed E-state index contributed by atoms with van der Waals surface area (Å²) in [6.45, 7) is 0.460. The van der Waals surface area contributed by atoms with Gasteiger partial charge in [-0.2, -0.15) is 0 Å². The summed E-state index contributed by atoms with van der Waals surface area (Å²) in [6, 6.07) is 4.71. The summed E-state index contributed by atoms with van der Waals surface area (Å²) in [5.74, 6) is 0. The van der Waals surface area contributed by atoms with Gasteiger partial charge in [0.1, 0.15) is 0 Å². The van der Waals surface area contributed by atoms with Crippen molar-refractivity contribution in [3.8, 4) is 0 Å². The molecule has 0 heterocycles. The van der Waals surface area contributed by atoms with E-state index in [1.165, 1.54) is 0 Å². The highest BCUT2D eigenvalue weighted by Gasteiger charge is 2.33. The fourth-order valence-corrected chi connectivity index (χ4v) is 2.71. The van der Waals surface area contributed by atoms with E-state index in [1.54, 1.807) is 18.2 Å². The van der Waals surface area contributed by atoms with Gasteiger partial charge in [-0.1, -0.05) is 36.0 Å². The first kappa shape index (κ1) is 14.4. The van der Waals surface area contributed by atoms with Crippen molar-refractivity contribution in [1.82, 2.24) is 5.32 Å². The third-order valence-corrected chi connectivity index (χ3v) is 4.25. The van der Waals surface area contributed by atoms with Gasteiger partial charge >= 0.3 is 6.03 Å². The maximum absolute atomic E-state index is 12.0. The molecule has 0 aromatic heterocycles. The Bertz CT molecular complexity index is 473. The Balaban J connectivity index is 1.99. The highest BCUT2D eigenvalue weighted by atomic mass is 35.5. The molecule has 4 N–H and O–H groups in total. The van der Waals surface area contributed by atoms with Crippen molar-refractivity contribution < 1.29 is 4.79 Å². The lowest BCUT2D eigenvalue weighted by Gasteiger charge is -2.28. The van der Waals surface area contributed by atoms with Crippen molar-refractivity contribution in [2.45, 2.75) is 31.2 Å². The second-order valence-corrected chi connectivity index (χ2v) is 5.71. The molecule has 1 fully saturated rings. The molecule has 0 saturated heterocycles. The molecule has 0 spiro atoms. The van der Waals surface area contributed by atoms with E-state index in [2.05, 4.69) is 10.6 Å². The molecular weight excluding hydrogens is 285 g/mol. The van der Waals surface area contributed by atoms with Crippen molar-refractivity contribution in [2.24, 2.45) is 5.73 Å². The van der Waals surface area contributed by atoms with Crippen LogP contribution in [0.2, 0.25) is 10.0 Å². The van der Waals surface area contributed by atoms with Crippen LogP contribution >= 0.6 is 23.2 Å². The molecule has 0 bridgehead atoms. The smallest absolute Gasteiger partial charge is 0.319 e. The first-order chi connectivity index (χ1) is 9.04. The normalized spacial score (nSPS) is 17.2. The fourth-order valence-electron chi connectivity index (χ4n) is 2.41. The molecule has 0 aliphatic heterocycles. The topological polar surface area (TPSA) is 67.1 Å². The zero-order valence-electron chi connectivity index (χ0n) is 10.5. The Hall–Kier alpha value is -0.970. The summed E-state index contributed by atoms with van der Waals surface area (Å²) < 4.78 is 0. The van der Waals surface area contributed by atoms with Crippen LogP contribution in [0.15, 0.2) is 18.2 Å². The van der Waals surface area contributed by atoms with E-state index in [0.29, 0.717) is 22.3 Å². The quantitative estimate of drug-likeness (QED) is 0.801. The number of nitrogens with two attached hydrogens (primary N) is 1. The highest BCUT2D eigenvalue weighted by molar-refractivity contribution is 6.42. The van der Waals surface area contributed by atoms with Crippen LogP contribution in [0.4, 0.5) is 10.5 Å². The van der Waals surface area contributed by atoms with Gasteiger partial charge in [-0.3, -0.25) is 0 Å². The minimum Gasteiger partial charge on any atom is -0.331 e. The van der Waals surface area contributed by atoms with Gasteiger partial charge in [0.2, 0.25) is 0 Å². The van der Waals surface area contributed by atoms with Crippen molar-refractivity contribution in [3.05, 3.63) is 28.2 Å². The molecule has 1 aromatic rings. The Labute approximate surface area is 122 Å². The summed E-state index contributed by atoms with van der Waals surface area (Å²) in [5, 5.41) is 6.59. The zero-order chi connectivity index (χ0) is 13.9. The van der Waals surface area contributed by atoms with Crippen LogP contribution in [0.5, 0.6) is 0 Å². The summed E-state index contributed by atoms with van der Waals surface area (Å²) in [6.07, 6.45) is 4.06. The van der Waals surface area contributed by atoms with Gasteiger partial charge in [-0.25, -0.2) is 4.79 Å². The Morgan fingerprint density at radius 2 is 1.95 bits per heavy atom. The Kier molecular flexibility index (Phi) is 4.55. The number of hydrogen-bond acceptors (Lipinski definition) is 2. The Morgan fingerprint density at radius 1 is 1.26 bits per heavy atom. The van der Waals surface area contributed by atoms with Crippen LogP contribution in [-0.2, 0) is 0 Å². The fraction of sp³-hybridized carbons (Fsp3) is 0.462. The highest BCUT2D eigenvalue weighted by Crippen LogP contribution is 2.29. The maximum Gasteiger partial charge on any atom is 0.319 e. The van der Waals surface area contributed by atoms with Gasteiger partial charge in [0, 0.05) is 12.2 Å². The molecule has 0 radical (unpaired) electrons. The maximum atomic E-state index is 12.0. The summed E-state index contributed by atoms with van der Waals surface area (Å²) >= 11 is 11.7. The van der Waals surface area contributed by atoms with Gasteiger partial charge in [-0.05, 0) is 31.0 Å². The molecular formula is C13H17Cl2N3O. The first-order valence-electron chi connectivity index (χ1n) is 6.29. The molecule has 2 amide bonds. The monoisotopic (exact) mass is 301 g/mol. The van der Waals surface area contributed by atoms with Crippen molar-refractivity contribution in [2.75, 3.05) is 11.9 Å². The van der Waals surface area contributed by atoms with Crippen LogP contribution in [0.3, 0.4) is 0 Å². The second-order valence-electron chi connectivity index (χ2n) is 4.90. The van der Waals surface area contributed by atoms with Gasteiger partial charge in [0.05, 0.1) is 15.6 Å². The number of carbonyl (C=O) groups is 1. The molecule has 0 atom stereocenters. The number of halogens is 2. The predicted molar refractivity (Wildman–Crippen MR) is 78.9 cm³/mol. The lowest BCUT2D eigenvalue weighted by atomic mass is 9.98. The van der Waals surface area contributed by atoms with Gasteiger partial charge in [0.15, 0.2) is 0 Å². The minimum absolute atomic E-state index is 0.259. The number of carbonyl (C=O) groups excluding carboxylic acids is 1. The molecule has 1 saturated carbocycles. The summed E-state index contributed by atoms with van der Waals surface area (Å²) in [7, 11) is 0. The van der Waals surface area contributed by atoms with Crippen LogP contribution in [0, 0.1) is 0 Å². The number of amides is 2. The molecule has 1 aromatic carbocycles. The molecule has 19 heavy (non-hydrogen) atoms. The zero-order valence-corrected chi connectivity index (χ0v) is 12.0. The number of nitrogens with one attached hydrogen (secondary N) is 2.